The zero-order chi connectivity index (χ0) is 12.7. The number of nitrogens with one attached hydrogen (secondary N) is 2. The molecule has 1 amide bonds. The molecule has 0 saturated carbocycles. The van der Waals surface area contributed by atoms with Crippen LogP contribution in [0.5, 0.6) is 0 Å². The molecular formula is C12H22N4O. The normalized spacial score (nSPS) is 12.4. The Labute approximate surface area is 102 Å². The van der Waals surface area contributed by atoms with Gasteiger partial charge < -0.3 is 11.1 Å². The van der Waals surface area contributed by atoms with Crippen molar-refractivity contribution in [2.45, 2.75) is 52.0 Å². The van der Waals surface area contributed by atoms with Crippen molar-refractivity contribution in [2.75, 3.05) is 5.73 Å². The summed E-state index contributed by atoms with van der Waals surface area (Å²) in [4.78, 5) is 11.8. The summed E-state index contributed by atoms with van der Waals surface area (Å²) in [5, 5.41) is 9.24. The number of nitrogens with zero attached hydrogens (tertiary/aromatic N) is 1. The number of rotatable bonds is 7. The number of unbranched alkanes of at least 4 members (excludes halogenated alkanes) is 3. The highest BCUT2D eigenvalue weighted by atomic mass is 16.2. The molecule has 0 radical (unpaired) electrons. The van der Waals surface area contributed by atoms with Crippen LogP contribution in [0.25, 0.3) is 0 Å². The lowest BCUT2D eigenvalue weighted by Gasteiger charge is -2.13. The maximum absolute atomic E-state index is 11.8. The predicted octanol–water partition coefficient (Wildman–Crippen LogP) is 2.08. The highest BCUT2D eigenvalue weighted by molar-refractivity contribution is 5.97. The fourth-order valence-corrected chi connectivity index (χ4v) is 1.72. The maximum Gasteiger partial charge on any atom is 0.271 e. The Kier molecular flexibility index (Phi) is 5.52. The van der Waals surface area contributed by atoms with E-state index in [9.17, 15) is 4.79 Å². The molecule has 1 heterocycles. The monoisotopic (exact) mass is 238 g/mol. The smallest absolute Gasteiger partial charge is 0.271 e. The van der Waals surface area contributed by atoms with E-state index in [1.165, 1.54) is 25.5 Å². The molecule has 17 heavy (non-hydrogen) atoms. The van der Waals surface area contributed by atoms with Crippen LogP contribution < -0.4 is 11.1 Å². The van der Waals surface area contributed by atoms with Crippen LogP contribution >= 0.6 is 0 Å². The van der Waals surface area contributed by atoms with Gasteiger partial charge >= 0.3 is 0 Å². The number of hydrogen-bond acceptors (Lipinski definition) is 3. The molecule has 1 unspecified atom stereocenters. The fourth-order valence-electron chi connectivity index (χ4n) is 1.72. The number of amides is 1. The number of hydrogen-bond donors (Lipinski definition) is 3. The molecule has 0 spiro atoms. The first kappa shape index (κ1) is 13.5. The van der Waals surface area contributed by atoms with Gasteiger partial charge in [0.25, 0.3) is 5.91 Å². The van der Waals surface area contributed by atoms with Crippen LogP contribution in [-0.2, 0) is 0 Å². The zero-order valence-electron chi connectivity index (χ0n) is 10.6. The van der Waals surface area contributed by atoms with Crippen LogP contribution in [0, 0.1) is 0 Å². The molecule has 5 nitrogen and oxygen atoms in total. The van der Waals surface area contributed by atoms with E-state index in [4.69, 9.17) is 5.73 Å². The van der Waals surface area contributed by atoms with Gasteiger partial charge in [0.05, 0.1) is 11.9 Å². The standard InChI is InChI=1S/C12H22N4O/c1-3-4-5-6-7-9(2)15-12(17)11-10(13)8-14-16-11/h8-9H,3-7,13H2,1-2H3,(H,14,16)(H,15,17). The van der Waals surface area contributed by atoms with Gasteiger partial charge in [-0.05, 0) is 13.3 Å². The molecule has 0 aliphatic carbocycles. The summed E-state index contributed by atoms with van der Waals surface area (Å²) in [7, 11) is 0. The second-order valence-corrected chi connectivity index (χ2v) is 4.42. The van der Waals surface area contributed by atoms with E-state index in [0.717, 1.165) is 12.8 Å². The highest BCUT2D eigenvalue weighted by Crippen LogP contribution is 2.08. The Bertz CT molecular complexity index is 348. The van der Waals surface area contributed by atoms with Gasteiger partial charge in [0.2, 0.25) is 0 Å². The molecule has 0 saturated heterocycles. The minimum Gasteiger partial charge on any atom is -0.396 e. The minimum atomic E-state index is -0.178. The van der Waals surface area contributed by atoms with Crippen molar-refractivity contribution >= 4 is 11.6 Å². The largest absolute Gasteiger partial charge is 0.396 e. The van der Waals surface area contributed by atoms with E-state index >= 15 is 0 Å². The van der Waals surface area contributed by atoms with E-state index in [2.05, 4.69) is 22.4 Å². The van der Waals surface area contributed by atoms with Crippen molar-refractivity contribution in [3.05, 3.63) is 11.9 Å². The maximum atomic E-state index is 11.8. The van der Waals surface area contributed by atoms with Gasteiger partial charge in [-0.3, -0.25) is 9.89 Å². The van der Waals surface area contributed by atoms with Gasteiger partial charge in [-0.15, -0.1) is 0 Å². The van der Waals surface area contributed by atoms with Gasteiger partial charge in [-0.1, -0.05) is 32.6 Å². The van der Waals surface area contributed by atoms with Crippen LogP contribution in [0.4, 0.5) is 5.69 Å². The summed E-state index contributed by atoms with van der Waals surface area (Å²) in [5.41, 5.74) is 6.34. The third kappa shape index (κ3) is 4.46. The van der Waals surface area contributed by atoms with Crippen molar-refractivity contribution in [3.63, 3.8) is 0 Å². The van der Waals surface area contributed by atoms with Crippen molar-refractivity contribution in [1.82, 2.24) is 15.5 Å². The van der Waals surface area contributed by atoms with Crippen molar-refractivity contribution < 1.29 is 4.79 Å². The topological polar surface area (TPSA) is 83.8 Å². The summed E-state index contributed by atoms with van der Waals surface area (Å²) >= 11 is 0. The fraction of sp³-hybridized carbons (Fsp3) is 0.667. The number of H-pyrrole nitrogens is 1. The molecular weight excluding hydrogens is 216 g/mol. The lowest BCUT2D eigenvalue weighted by molar-refractivity contribution is 0.0933. The molecule has 0 aromatic carbocycles. The number of nitrogens with two attached hydrogens (primary N) is 1. The van der Waals surface area contributed by atoms with E-state index in [0.29, 0.717) is 11.4 Å². The second kappa shape index (κ2) is 6.93. The van der Waals surface area contributed by atoms with Crippen molar-refractivity contribution in [1.29, 1.82) is 0 Å². The van der Waals surface area contributed by atoms with Gasteiger partial charge in [0, 0.05) is 6.04 Å². The molecule has 96 valence electrons. The van der Waals surface area contributed by atoms with Crippen molar-refractivity contribution in [3.8, 4) is 0 Å². The first-order valence-corrected chi connectivity index (χ1v) is 6.24. The summed E-state index contributed by atoms with van der Waals surface area (Å²) in [6.45, 7) is 4.20. The zero-order valence-corrected chi connectivity index (χ0v) is 10.6. The van der Waals surface area contributed by atoms with Crippen LogP contribution in [0.1, 0.15) is 56.4 Å². The van der Waals surface area contributed by atoms with E-state index < -0.39 is 0 Å². The molecule has 0 fully saturated rings. The molecule has 0 aliphatic rings. The molecule has 1 atom stereocenters. The molecule has 1 rings (SSSR count). The van der Waals surface area contributed by atoms with Crippen molar-refractivity contribution in [2.24, 2.45) is 0 Å². The summed E-state index contributed by atoms with van der Waals surface area (Å²) < 4.78 is 0. The summed E-state index contributed by atoms with van der Waals surface area (Å²) in [6, 6.07) is 0.169. The Morgan fingerprint density at radius 2 is 2.29 bits per heavy atom. The minimum absolute atomic E-state index is 0.169. The number of aromatic nitrogens is 2. The first-order valence-electron chi connectivity index (χ1n) is 6.24. The average Bonchev–Trinajstić information content (AvgIpc) is 2.71. The summed E-state index contributed by atoms with van der Waals surface area (Å²) in [5.74, 6) is -0.178. The number of carbonyl (C=O) groups excluding carboxylic acids is 1. The highest BCUT2D eigenvalue weighted by Gasteiger charge is 2.13. The SMILES string of the molecule is CCCCCCC(C)NC(=O)c1[nH]ncc1N. The van der Waals surface area contributed by atoms with Gasteiger partial charge in [0.15, 0.2) is 0 Å². The lowest BCUT2D eigenvalue weighted by Crippen LogP contribution is -2.33. The Morgan fingerprint density at radius 1 is 1.53 bits per heavy atom. The predicted molar refractivity (Wildman–Crippen MR) is 68.7 cm³/mol. The van der Waals surface area contributed by atoms with E-state index in [-0.39, 0.29) is 11.9 Å². The van der Waals surface area contributed by atoms with Crippen LogP contribution in [0.3, 0.4) is 0 Å². The van der Waals surface area contributed by atoms with Gasteiger partial charge in [-0.2, -0.15) is 5.10 Å². The molecule has 5 heteroatoms. The molecule has 4 N–H and O–H groups in total. The number of anilines is 1. The Balaban J connectivity index is 2.29. The Morgan fingerprint density at radius 3 is 2.88 bits per heavy atom. The van der Waals surface area contributed by atoms with Crippen LogP contribution in [-0.4, -0.2) is 22.1 Å². The molecule has 0 bridgehead atoms. The molecule has 1 aromatic rings. The number of aromatic amines is 1. The van der Waals surface area contributed by atoms with E-state index in [1.54, 1.807) is 0 Å². The molecule has 0 aliphatic heterocycles. The average molecular weight is 238 g/mol. The third-order valence-corrected chi connectivity index (χ3v) is 2.76. The number of carbonyl (C=O) groups is 1. The first-order chi connectivity index (χ1) is 8.15. The van der Waals surface area contributed by atoms with Crippen LogP contribution in [0.2, 0.25) is 0 Å². The summed E-state index contributed by atoms with van der Waals surface area (Å²) in [6.07, 6.45) is 7.30. The molecule has 1 aromatic heterocycles. The second-order valence-electron chi connectivity index (χ2n) is 4.42. The van der Waals surface area contributed by atoms with E-state index in [1.807, 2.05) is 6.92 Å². The Hall–Kier alpha value is -1.52. The number of nitrogen functional groups attached to an aromatic ring is 1. The van der Waals surface area contributed by atoms with Gasteiger partial charge in [-0.25, -0.2) is 0 Å². The van der Waals surface area contributed by atoms with Gasteiger partial charge in [0.1, 0.15) is 5.69 Å². The quantitative estimate of drug-likeness (QED) is 0.636. The van der Waals surface area contributed by atoms with Crippen LogP contribution in [0.15, 0.2) is 6.20 Å². The lowest BCUT2D eigenvalue weighted by atomic mass is 10.1. The third-order valence-electron chi connectivity index (χ3n) is 2.76.